The molecule has 0 spiro atoms. The first kappa shape index (κ1) is 13.7. The molecule has 2 fully saturated rings. The minimum absolute atomic E-state index is 0.00905. The summed E-state index contributed by atoms with van der Waals surface area (Å²) in [4.78, 5) is 14.0. The molecule has 0 bridgehead atoms. The van der Waals surface area contributed by atoms with Gasteiger partial charge in [-0.3, -0.25) is 4.79 Å². The summed E-state index contributed by atoms with van der Waals surface area (Å²) in [5, 5.41) is 0.652. The number of halogens is 1. The van der Waals surface area contributed by atoms with Crippen LogP contribution in [-0.4, -0.2) is 35.8 Å². The molecule has 4 nitrogen and oxygen atoms in total. The first-order valence-corrected chi connectivity index (χ1v) is 7.14. The lowest BCUT2D eigenvalue weighted by Crippen LogP contribution is -2.77. The van der Waals surface area contributed by atoms with E-state index in [9.17, 15) is 4.79 Å². The van der Waals surface area contributed by atoms with Crippen LogP contribution in [0.5, 0.6) is 5.75 Å². The number of fused-ring (bicyclic) bond motifs is 1. The van der Waals surface area contributed by atoms with E-state index in [1.54, 1.807) is 29.2 Å². The van der Waals surface area contributed by atoms with E-state index in [0.29, 0.717) is 17.4 Å². The zero-order valence-corrected chi connectivity index (χ0v) is 12.6. The minimum atomic E-state index is -0.433. The minimum Gasteiger partial charge on any atom is -0.478 e. The molecule has 0 unspecified atom stereocenters. The number of ether oxygens (including phenoxy) is 2. The number of amides is 1. The summed E-state index contributed by atoms with van der Waals surface area (Å²) < 4.78 is 11.5. The molecule has 3 atom stereocenters. The molecular weight excluding hydrogens is 278 g/mol. The number of β-lactam (4-membered cyclic amide) rings is 1. The number of nitrogens with zero attached hydrogens (tertiary/aromatic N) is 1. The molecule has 2 saturated heterocycles. The largest absolute Gasteiger partial charge is 0.478 e. The molecule has 0 N–H and O–H groups in total. The van der Waals surface area contributed by atoms with E-state index in [2.05, 4.69) is 13.8 Å². The molecule has 2 aliphatic rings. The number of carbonyl (C=O) groups is 1. The van der Waals surface area contributed by atoms with Gasteiger partial charge in [-0.05, 0) is 31.2 Å². The molecule has 0 aliphatic carbocycles. The van der Waals surface area contributed by atoms with E-state index < -0.39 is 6.10 Å². The lowest BCUT2D eigenvalue weighted by molar-refractivity contribution is -0.236. The fourth-order valence-corrected chi connectivity index (χ4v) is 3.08. The number of carbonyl (C=O) groups excluding carboxylic acids is 1. The van der Waals surface area contributed by atoms with Gasteiger partial charge < -0.3 is 14.4 Å². The van der Waals surface area contributed by atoms with Crippen LogP contribution in [0.1, 0.15) is 20.8 Å². The predicted molar refractivity (Wildman–Crippen MR) is 75.7 cm³/mol. The summed E-state index contributed by atoms with van der Waals surface area (Å²) >= 11 is 5.85. The first-order chi connectivity index (χ1) is 9.40. The van der Waals surface area contributed by atoms with Crippen molar-refractivity contribution < 1.29 is 14.3 Å². The van der Waals surface area contributed by atoms with Crippen LogP contribution in [0, 0.1) is 5.41 Å². The number of rotatable bonds is 2. The van der Waals surface area contributed by atoms with Crippen molar-refractivity contribution in [3.8, 4) is 5.75 Å². The summed E-state index contributed by atoms with van der Waals surface area (Å²) in [6.07, 6.45) is -0.608. The second-order valence-corrected chi connectivity index (χ2v) is 6.52. The molecule has 0 saturated carbocycles. The molecule has 108 valence electrons. The molecule has 20 heavy (non-hydrogen) atoms. The van der Waals surface area contributed by atoms with Gasteiger partial charge in [0.05, 0.1) is 12.6 Å². The van der Waals surface area contributed by atoms with Crippen LogP contribution in [0.15, 0.2) is 24.3 Å². The average Bonchev–Trinajstić information content (AvgIpc) is 2.40. The monoisotopic (exact) mass is 295 g/mol. The van der Waals surface area contributed by atoms with E-state index in [4.69, 9.17) is 21.1 Å². The third-order valence-corrected chi connectivity index (χ3v) is 4.30. The molecular formula is C15H18ClNO3. The summed E-state index contributed by atoms with van der Waals surface area (Å²) in [6, 6.07) is 7.14. The van der Waals surface area contributed by atoms with Gasteiger partial charge in [-0.15, -0.1) is 0 Å². The molecule has 2 aliphatic heterocycles. The van der Waals surface area contributed by atoms with Crippen LogP contribution in [0.25, 0.3) is 0 Å². The summed E-state index contributed by atoms with van der Waals surface area (Å²) in [6.45, 7) is 6.73. The summed E-state index contributed by atoms with van der Waals surface area (Å²) in [7, 11) is 0. The van der Waals surface area contributed by atoms with Crippen LogP contribution in [0.2, 0.25) is 5.02 Å². The molecule has 0 aromatic heterocycles. The molecule has 5 heteroatoms. The van der Waals surface area contributed by atoms with Crippen LogP contribution in [0.4, 0.5) is 0 Å². The quantitative estimate of drug-likeness (QED) is 0.788. The SMILES string of the molecule is C[C@@H]1OCC(C)(C)[C@H]2[C@H](Oc3ccc(Cl)cc3)C(=O)N12. The molecule has 1 aromatic carbocycles. The lowest BCUT2D eigenvalue weighted by atomic mass is 9.74. The Labute approximate surface area is 123 Å². The van der Waals surface area contributed by atoms with Crippen molar-refractivity contribution in [1.29, 1.82) is 0 Å². The van der Waals surface area contributed by atoms with Crippen molar-refractivity contribution in [1.82, 2.24) is 4.90 Å². The van der Waals surface area contributed by atoms with Crippen LogP contribution < -0.4 is 4.74 Å². The standard InChI is InChI=1S/C15H18ClNO3/c1-9-17-13(15(2,3)8-19-9)12(14(17)18)20-11-6-4-10(16)5-7-11/h4-7,9,12-13H,8H2,1-3H3/t9-,12-,13+/m0/s1. The van der Waals surface area contributed by atoms with Gasteiger partial charge in [-0.2, -0.15) is 0 Å². The zero-order valence-electron chi connectivity index (χ0n) is 11.8. The maximum Gasteiger partial charge on any atom is 0.268 e. The van der Waals surface area contributed by atoms with E-state index in [1.807, 2.05) is 6.92 Å². The average molecular weight is 296 g/mol. The molecule has 1 amide bonds. The Morgan fingerprint density at radius 1 is 1.35 bits per heavy atom. The molecule has 3 rings (SSSR count). The van der Waals surface area contributed by atoms with Crippen LogP contribution >= 0.6 is 11.6 Å². The van der Waals surface area contributed by atoms with Crippen molar-refractivity contribution in [2.24, 2.45) is 5.41 Å². The third-order valence-electron chi connectivity index (χ3n) is 4.05. The normalized spacial score (nSPS) is 31.5. The van der Waals surface area contributed by atoms with E-state index >= 15 is 0 Å². The smallest absolute Gasteiger partial charge is 0.268 e. The van der Waals surface area contributed by atoms with Gasteiger partial charge in [0.1, 0.15) is 12.0 Å². The number of hydrogen-bond acceptors (Lipinski definition) is 3. The Morgan fingerprint density at radius 3 is 2.65 bits per heavy atom. The van der Waals surface area contributed by atoms with Crippen LogP contribution in [0.3, 0.4) is 0 Å². The van der Waals surface area contributed by atoms with Gasteiger partial charge in [0.15, 0.2) is 6.10 Å². The Kier molecular flexibility index (Phi) is 3.18. The highest BCUT2D eigenvalue weighted by molar-refractivity contribution is 6.30. The fraction of sp³-hybridized carbons (Fsp3) is 0.533. The van der Waals surface area contributed by atoms with E-state index in [-0.39, 0.29) is 23.6 Å². The topological polar surface area (TPSA) is 38.8 Å². The molecule has 1 aromatic rings. The van der Waals surface area contributed by atoms with Crippen molar-refractivity contribution in [2.45, 2.75) is 39.1 Å². The first-order valence-electron chi connectivity index (χ1n) is 6.76. The third kappa shape index (κ3) is 2.07. The van der Waals surface area contributed by atoms with Gasteiger partial charge in [-0.1, -0.05) is 25.4 Å². The van der Waals surface area contributed by atoms with Crippen LogP contribution in [-0.2, 0) is 9.53 Å². The van der Waals surface area contributed by atoms with Crippen molar-refractivity contribution in [3.63, 3.8) is 0 Å². The predicted octanol–water partition coefficient (Wildman–Crippen LogP) is 2.70. The maximum atomic E-state index is 12.3. The highest BCUT2D eigenvalue weighted by Gasteiger charge is 2.60. The van der Waals surface area contributed by atoms with Gasteiger partial charge in [0, 0.05) is 10.4 Å². The number of hydrogen-bond donors (Lipinski definition) is 0. The van der Waals surface area contributed by atoms with Gasteiger partial charge >= 0.3 is 0 Å². The molecule has 0 radical (unpaired) electrons. The van der Waals surface area contributed by atoms with E-state index in [0.717, 1.165) is 0 Å². The Balaban J connectivity index is 1.80. The summed E-state index contributed by atoms with van der Waals surface area (Å²) in [5.41, 5.74) is -0.114. The molecule has 2 heterocycles. The fourth-order valence-electron chi connectivity index (χ4n) is 2.95. The van der Waals surface area contributed by atoms with Gasteiger partial charge in [-0.25, -0.2) is 0 Å². The Morgan fingerprint density at radius 2 is 2.00 bits per heavy atom. The van der Waals surface area contributed by atoms with Crippen molar-refractivity contribution in [3.05, 3.63) is 29.3 Å². The Bertz CT molecular complexity index is 528. The second-order valence-electron chi connectivity index (χ2n) is 6.08. The highest BCUT2D eigenvalue weighted by atomic mass is 35.5. The lowest BCUT2D eigenvalue weighted by Gasteiger charge is -2.58. The van der Waals surface area contributed by atoms with E-state index in [1.165, 1.54) is 0 Å². The van der Waals surface area contributed by atoms with Crippen molar-refractivity contribution >= 4 is 17.5 Å². The second kappa shape index (κ2) is 4.64. The Hall–Kier alpha value is -1.26. The number of benzene rings is 1. The van der Waals surface area contributed by atoms with Crippen molar-refractivity contribution in [2.75, 3.05) is 6.61 Å². The van der Waals surface area contributed by atoms with Gasteiger partial charge in [0.2, 0.25) is 0 Å². The summed E-state index contributed by atoms with van der Waals surface area (Å²) in [5.74, 6) is 0.660. The van der Waals surface area contributed by atoms with Gasteiger partial charge in [0.25, 0.3) is 5.91 Å². The zero-order chi connectivity index (χ0) is 14.5. The highest BCUT2D eigenvalue weighted by Crippen LogP contribution is 2.42. The maximum absolute atomic E-state index is 12.3.